The summed E-state index contributed by atoms with van der Waals surface area (Å²) >= 11 is 0. The minimum Gasteiger partial charge on any atom is -0.508 e. The maximum absolute atomic E-state index is 9.51. The molecule has 0 radical (unpaired) electrons. The predicted octanol–water partition coefficient (Wildman–Crippen LogP) is 4.24. The SMILES string of the molecule is CC.Cc1cc(O)cc2nc(-c3ccc(O)cc3)oc12. The van der Waals surface area contributed by atoms with E-state index in [1.54, 1.807) is 36.4 Å². The quantitative estimate of drug-likeness (QED) is 0.694. The van der Waals surface area contributed by atoms with Crippen molar-refractivity contribution in [2.45, 2.75) is 20.8 Å². The van der Waals surface area contributed by atoms with Crippen LogP contribution >= 0.6 is 0 Å². The Kier molecular flexibility index (Phi) is 3.94. The first-order valence-electron chi connectivity index (χ1n) is 6.53. The van der Waals surface area contributed by atoms with Crippen molar-refractivity contribution in [2.24, 2.45) is 0 Å². The Labute approximate surface area is 117 Å². The average Bonchev–Trinajstić information content (AvgIpc) is 2.86. The lowest BCUT2D eigenvalue weighted by atomic mass is 10.2. The molecule has 4 nitrogen and oxygen atoms in total. The highest BCUT2D eigenvalue weighted by Crippen LogP contribution is 2.29. The van der Waals surface area contributed by atoms with Gasteiger partial charge in [-0.25, -0.2) is 4.98 Å². The number of fused-ring (bicyclic) bond motifs is 1. The molecule has 0 aliphatic carbocycles. The van der Waals surface area contributed by atoms with E-state index in [-0.39, 0.29) is 11.5 Å². The zero-order valence-electron chi connectivity index (χ0n) is 11.7. The van der Waals surface area contributed by atoms with Crippen LogP contribution in [0.4, 0.5) is 0 Å². The lowest BCUT2D eigenvalue weighted by Crippen LogP contribution is -1.76. The molecule has 0 spiro atoms. The Morgan fingerprint density at radius 2 is 1.60 bits per heavy atom. The molecule has 4 heteroatoms. The summed E-state index contributed by atoms with van der Waals surface area (Å²) < 4.78 is 5.68. The Morgan fingerprint density at radius 1 is 0.950 bits per heavy atom. The van der Waals surface area contributed by atoms with Crippen molar-refractivity contribution in [3.8, 4) is 23.0 Å². The van der Waals surface area contributed by atoms with Gasteiger partial charge in [-0.05, 0) is 42.8 Å². The maximum Gasteiger partial charge on any atom is 0.227 e. The van der Waals surface area contributed by atoms with E-state index in [1.807, 2.05) is 20.8 Å². The van der Waals surface area contributed by atoms with Crippen LogP contribution in [0.3, 0.4) is 0 Å². The van der Waals surface area contributed by atoms with Gasteiger partial charge in [-0.1, -0.05) is 13.8 Å². The van der Waals surface area contributed by atoms with Crippen molar-refractivity contribution in [3.05, 3.63) is 42.0 Å². The van der Waals surface area contributed by atoms with Gasteiger partial charge in [-0.3, -0.25) is 0 Å². The lowest BCUT2D eigenvalue weighted by molar-refractivity contribution is 0.474. The Balaban J connectivity index is 0.000000704. The summed E-state index contributed by atoms with van der Waals surface area (Å²) in [6.45, 7) is 5.85. The van der Waals surface area contributed by atoms with Crippen molar-refractivity contribution in [1.82, 2.24) is 4.98 Å². The summed E-state index contributed by atoms with van der Waals surface area (Å²) in [5.41, 5.74) is 2.90. The van der Waals surface area contributed by atoms with Crippen molar-refractivity contribution in [3.63, 3.8) is 0 Å². The average molecular weight is 271 g/mol. The third-order valence-corrected chi connectivity index (χ3v) is 2.77. The Morgan fingerprint density at radius 3 is 2.25 bits per heavy atom. The highest BCUT2D eigenvalue weighted by atomic mass is 16.3. The zero-order chi connectivity index (χ0) is 14.7. The summed E-state index contributed by atoms with van der Waals surface area (Å²) in [6, 6.07) is 9.82. The molecule has 1 heterocycles. The van der Waals surface area contributed by atoms with Gasteiger partial charge < -0.3 is 14.6 Å². The van der Waals surface area contributed by atoms with Crippen LogP contribution in [0.1, 0.15) is 19.4 Å². The Bertz CT molecular complexity index is 714. The fourth-order valence-corrected chi connectivity index (χ4v) is 1.91. The van der Waals surface area contributed by atoms with Gasteiger partial charge in [0, 0.05) is 11.6 Å². The topological polar surface area (TPSA) is 66.5 Å². The molecule has 1 aromatic heterocycles. The van der Waals surface area contributed by atoms with Gasteiger partial charge in [0.15, 0.2) is 5.58 Å². The van der Waals surface area contributed by atoms with Crippen LogP contribution in [0.25, 0.3) is 22.6 Å². The molecule has 0 atom stereocenters. The minimum atomic E-state index is 0.172. The molecule has 0 saturated carbocycles. The zero-order valence-corrected chi connectivity index (χ0v) is 11.7. The van der Waals surface area contributed by atoms with Gasteiger partial charge in [0.1, 0.15) is 17.0 Å². The van der Waals surface area contributed by atoms with Gasteiger partial charge >= 0.3 is 0 Å². The number of aromatic nitrogens is 1. The molecule has 20 heavy (non-hydrogen) atoms. The first kappa shape index (κ1) is 13.9. The Hall–Kier alpha value is -2.49. The van der Waals surface area contributed by atoms with E-state index in [4.69, 9.17) is 4.42 Å². The van der Waals surface area contributed by atoms with Gasteiger partial charge in [-0.2, -0.15) is 0 Å². The molecule has 0 amide bonds. The molecule has 0 aliphatic heterocycles. The van der Waals surface area contributed by atoms with Crippen molar-refractivity contribution >= 4 is 11.1 Å². The van der Waals surface area contributed by atoms with Crippen LogP contribution in [-0.2, 0) is 0 Å². The van der Waals surface area contributed by atoms with E-state index >= 15 is 0 Å². The molecule has 2 aromatic carbocycles. The van der Waals surface area contributed by atoms with Crippen LogP contribution in [0, 0.1) is 6.92 Å². The van der Waals surface area contributed by atoms with Crippen LogP contribution in [0.2, 0.25) is 0 Å². The number of aryl methyl sites for hydroxylation is 1. The van der Waals surface area contributed by atoms with E-state index in [1.165, 1.54) is 0 Å². The highest BCUT2D eigenvalue weighted by molar-refractivity contribution is 5.80. The molecule has 0 aliphatic rings. The van der Waals surface area contributed by atoms with Gasteiger partial charge in [0.25, 0.3) is 0 Å². The molecule has 3 aromatic rings. The number of aromatic hydroxyl groups is 2. The number of phenols is 2. The molecule has 0 unspecified atom stereocenters. The van der Waals surface area contributed by atoms with Crippen LogP contribution < -0.4 is 0 Å². The van der Waals surface area contributed by atoms with E-state index < -0.39 is 0 Å². The third-order valence-electron chi connectivity index (χ3n) is 2.77. The second-order valence-electron chi connectivity index (χ2n) is 4.18. The van der Waals surface area contributed by atoms with E-state index in [0.717, 1.165) is 11.1 Å². The summed E-state index contributed by atoms with van der Waals surface area (Å²) in [5, 5.41) is 18.8. The second-order valence-corrected chi connectivity index (χ2v) is 4.18. The highest BCUT2D eigenvalue weighted by Gasteiger charge is 2.11. The fraction of sp³-hybridized carbons (Fsp3) is 0.188. The number of benzene rings is 2. The number of phenolic OH excluding ortho intramolecular Hbond substituents is 2. The summed E-state index contributed by atoms with van der Waals surface area (Å²) in [4.78, 5) is 4.33. The number of hydrogen-bond donors (Lipinski definition) is 2. The van der Waals surface area contributed by atoms with Crippen molar-refractivity contribution in [1.29, 1.82) is 0 Å². The molecule has 0 saturated heterocycles. The molecule has 104 valence electrons. The second kappa shape index (κ2) is 5.65. The smallest absolute Gasteiger partial charge is 0.227 e. The maximum atomic E-state index is 9.51. The molecular formula is C16H17NO3. The summed E-state index contributed by atoms with van der Waals surface area (Å²) in [5.74, 6) is 0.841. The number of nitrogens with zero attached hydrogens (tertiary/aromatic N) is 1. The number of hydrogen-bond acceptors (Lipinski definition) is 4. The minimum absolute atomic E-state index is 0.172. The first-order chi connectivity index (χ1) is 9.63. The van der Waals surface area contributed by atoms with Crippen molar-refractivity contribution < 1.29 is 14.6 Å². The largest absolute Gasteiger partial charge is 0.508 e. The molecule has 0 bridgehead atoms. The monoisotopic (exact) mass is 271 g/mol. The van der Waals surface area contributed by atoms with Crippen LogP contribution in [-0.4, -0.2) is 15.2 Å². The molecule has 2 N–H and O–H groups in total. The van der Waals surface area contributed by atoms with Crippen LogP contribution in [0.15, 0.2) is 40.8 Å². The van der Waals surface area contributed by atoms with Crippen molar-refractivity contribution in [2.75, 3.05) is 0 Å². The molecule has 3 rings (SSSR count). The summed E-state index contributed by atoms with van der Waals surface area (Å²) in [7, 11) is 0. The predicted molar refractivity (Wildman–Crippen MR) is 78.9 cm³/mol. The molecule has 0 fully saturated rings. The van der Waals surface area contributed by atoms with Crippen LogP contribution in [0.5, 0.6) is 11.5 Å². The fourth-order valence-electron chi connectivity index (χ4n) is 1.91. The van der Waals surface area contributed by atoms with Gasteiger partial charge in [0.05, 0.1) is 0 Å². The molecular weight excluding hydrogens is 254 g/mol. The standard InChI is InChI=1S/C14H11NO3.C2H6/c1-8-6-11(17)7-12-13(8)18-14(15-12)9-2-4-10(16)5-3-9;1-2/h2-7,16-17H,1H3;1-2H3. The normalized spacial score (nSPS) is 10.2. The number of oxazole rings is 1. The van der Waals surface area contributed by atoms with E-state index in [9.17, 15) is 10.2 Å². The summed E-state index contributed by atoms with van der Waals surface area (Å²) in [6.07, 6.45) is 0. The van der Waals surface area contributed by atoms with E-state index in [0.29, 0.717) is 17.0 Å². The first-order valence-corrected chi connectivity index (χ1v) is 6.53. The van der Waals surface area contributed by atoms with E-state index in [2.05, 4.69) is 4.98 Å². The lowest BCUT2D eigenvalue weighted by Gasteiger charge is -1.95. The van der Waals surface area contributed by atoms with Gasteiger partial charge in [-0.15, -0.1) is 0 Å². The van der Waals surface area contributed by atoms with Gasteiger partial charge in [0.2, 0.25) is 5.89 Å². The number of rotatable bonds is 1. The third kappa shape index (κ3) is 2.59.